The van der Waals surface area contributed by atoms with Gasteiger partial charge in [0.2, 0.25) is 5.76 Å². The molecule has 3 aromatic rings. The summed E-state index contributed by atoms with van der Waals surface area (Å²) in [5.41, 5.74) is 3.50. The van der Waals surface area contributed by atoms with Gasteiger partial charge in [-0.25, -0.2) is 0 Å². The molecule has 5 rings (SSSR count). The van der Waals surface area contributed by atoms with Gasteiger partial charge in [0.15, 0.2) is 5.43 Å². The van der Waals surface area contributed by atoms with E-state index in [1.54, 1.807) is 4.90 Å². The monoisotopic (exact) mass is 467 g/mol. The summed E-state index contributed by atoms with van der Waals surface area (Å²) in [4.78, 5) is 28.9. The predicted molar refractivity (Wildman–Crippen MR) is 118 cm³/mol. The van der Waals surface area contributed by atoms with Crippen LogP contribution in [0, 0.1) is 13.8 Å². The van der Waals surface area contributed by atoms with E-state index in [9.17, 15) is 9.59 Å². The van der Waals surface area contributed by atoms with Crippen molar-refractivity contribution in [2.24, 2.45) is 0 Å². The normalized spacial score (nSPS) is 20.9. The number of carbonyl (C=O) groups excluding carboxylic acids is 1. The van der Waals surface area contributed by atoms with Crippen molar-refractivity contribution < 1.29 is 13.9 Å². The maximum Gasteiger partial charge on any atom is 0.291 e. The maximum absolute atomic E-state index is 13.7. The van der Waals surface area contributed by atoms with Crippen LogP contribution in [-0.2, 0) is 4.74 Å². The van der Waals surface area contributed by atoms with Crippen molar-refractivity contribution in [3.63, 3.8) is 0 Å². The van der Waals surface area contributed by atoms with Gasteiger partial charge >= 0.3 is 0 Å². The van der Waals surface area contributed by atoms with E-state index in [-0.39, 0.29) is 23.2 Å². The Morgan fingerprint density at radius 3 is 2.73 bits per heavy atom. The first-order valence-corrected chi connectivity index (χ1v) is 11.0. The highest BCUT2D eigenvalue weighted by Gasteiger charge is 2.44. The molecule has 0 spiro atoms. The van der Waals surface area contributed by atoms with E-state index in [2.05, 4.69) is 15.9 Å². The molecule has 1 fully saturated rings. The number of ether oxygens (including phenoxy) is 1. The third kappa shape index (κ3) is 3.10. The van der Waals surface area contributed by atoms with Gasteiger partial charge in [-0.1, -0.05) is 34.1 Å². The molecule has 2 aliphatic rings. The van der Waals surface area contributed by atoms with E-state index in [0.29, 0.717) is 29.7 Å². The zero-order chi connectivity index (χ0) is 21.0. The minimum Gasteiger partial charge on any atom is -0.450 e. The number of hydrogen-bond acceptors (Lipinski definition) is 4. The molecule has 5 nitrogen and oxygen atoms in total. The van der Waals surface area contributed by atoms with Crippen LogP contribution in [0.4, 0.5) is 0 Å². The number of nitrogens with zero attached hydrogens (tertiary/aromatic N) is 1. The lowest BCUT2D eigenvalue weighted by molar-refractivity contribution is 0.0486. The number of hydrogen-bond donors (Lipinski definition) is 0. The van der Waals surface area contributed by atoms with Crippen molar-refractivity contribution in [3.05, 3.63) is 79.1 Å². The summed E-state index contributed by atoms with van der Waals surface area (Å²) in [6, 6.07) is 11.1. The van der Waals surface area contributed by atoms with Gasteiger partial charge in [-0.05, 0) is 61.6 Å². The minimum absolute atomic E-state index is 0.0218. The molecule has 0 bridgehead atoms. The van der Waals surface area contributed by atoms with Crippen LogP contribution in [0.25, 0.3) is 11.0 Å². The standard InChI is InChI=1S/C24H22BrNO4/c1-13-9-14(2)19-18(10-13)30-23-20(22(19)27)21(15-5-3-6-16(25)11-15)26(24(23)28)12-17-7-4-8-29-17/h3,5-6,9-11,17,21H,4,7-8,12H2,1-2H3. The largest absolute Gasteiger partial charge is 0.450 e. The fraction of sp³-hybridized carbons (Fsp3) is 0.333. The molecule has 2 unspecified atom stereocenters. The zero-order valence-electron chi connectivity index (χ0n) is 16.9. The predicted octanol–water partition coefficient (Wildman–Crippen LogP) is 4.90. The Hall–Kier alpha value is -2.44. The van der Waals surface area contributed by atoms with Gasteiger partial charge in [-0.2, -0.15) is 0 Å². The lowest BCUT2D eigenvalue weighted by Crippen LogP contribution is -2.36. The Morgan fingerprint density at radius 2 is 2.00 bits per heavy atom. The summed E-state index contributed by atoms with van der Waals surface area (Å²) in [7, 11) is 0. The maximum atomic E-state index is 13.7. The molecule has 0 radical (unpaired) electrons. The van der Waals surface area contributed by atoms with Crippen molar-refractivity contribution in [2.75, 3.05) is 13.2 Å². The second-order valence-corrected chi connectivity index (χ2v) is 9.09. The third-order valence-corrected chi connectivity index (χ3v) is 6.49. The number of rotatable bonds is 3. The van der Waals surface area contributed by atoms with Crippen LogP contribution in [0.15, 0.2) is 50.1 Å². The highest BCUT2D eigenvalue weighted by atomic mass is 79.9. The third-order valence-electron chi connectivity index (χ3n) is 6.00. The van der Waals surface area contributed by atoms with E-state index in [4.69, 9.17) is 9.15 Å². The summed E-state index contributed by atoms with van der Waals surface area (Å²) in [5.74, 6) is -0.0934. The van der Waals surface area contributed by atoms with Crippen LogP contribution in [0.1, 0.15) is 51.7 Å². The van der Waals surface area contributed by atoms with Crippen LogP contribution >= 0.6 is 15.9 Å². The van der Waals surface area contributed by atoms with Crippen LogP contribution in [0.2, 0.25) is 0 Å². The molecule has 0 saturated carbocycles. The smallest absolute Gasteiger partial charge is 0.291 e. The lowest BCUT2D eigenvalue weighted by Gasteiger charge is -2.27. The molecule has 1 aromatic heterocycles. The number of aryl methyl sites for hydroxylation is 2. The van der Waals surface area contributed by atoms with Crippen molar-refractivity contribution >= 4 is 32.8 Å². The van der Waals surface area contributed by atoms with Crippen molar-refractivity contribution in [3.8, 4) is 0 Å². The fourth-order valence-electron chi connectivity index (χ4n) is 4.73. The summed E-state index contributed by atoms with van der Waals surface area (Å²) in [5, 5.41) is 0.547. The molecular formula is C24H22BrNO4. The second-order valence-electron chi connectivity index (χ2n) is 8.18. The number of amides is 1. The zero-order valence-corrected chi connectivity index (χ0v) is 18.5. The second kappa shape index (κ2) is 7.36. The minimum atomic E-state index is -0.490. The summed E-state index contributed by atoms with van der Waals surface area (Å²) >= 11 is 3.52. The highest BCUT2D eigenvalue weighted by Crippen LogP contribution is 2.40. The first-order valence-electron chi connectivity index (χ1n) is 10.2. The Labute approximate surface area is 182 Å². The van der Waals surface area contributed by atoms with E-state index < -0.39 is 6.04 Å². The van der Waals surface area contributed by atoms with Crippen molar-refractivity contribution in [1.82, 2.24) is 4.90 Å². The Kier molecular flexibility index (Phi) is 4.79. The fourth-order valence-corrected chi connectivity index (χ4v) is 5.15. The molecular weight excluding hydrogens is 446 g/mol. The van der Waals surface area contributed by atoms with Crippen LogP contribution in [-0.4, -0.2) is 30.1 Å². The van der Waals surface area contributed by atoms with Crippen molar-refractivity contribution in [2.45, 2.75) is 38.8 Å². The molecule has 1 amide bonds. The molecule has 2 aliphatic heterocycles. The quantitative estimate of drug-likeness (QED) is 0.549. The molecule has 30 heavy (non-hydrogen) atoms. The molecule has 0 aliphatic carbocycles. The van der Waals surface area contributed by atoms with E-state index in [0.717, 1.165) is 34.0 Å². The van der Waals surface area contributed by atoms with E-state index in [1.165, 1.54) is 0 Å². The average molecular weight is 468 g/mol. The van der Waals surface area contributed by atoms with Gasteiger partial charge < -0.3 is 14.1 Å². The highest BCUT2D eigenvalue weighted by molar-refractivity contribution is 9.10. The van der Waals surface area contributed by atoms with E-state index >= 15 is 0 Å². The summed E-state index contributed by atoms with van der Waals surface area (Å²) < 4.78 is 12.8. The molecule has 2 aromatic carbocycles. The Morgan fingerprint density at radius 1 is 1.17 bits per heavy atom. The van der Waals surface area contributed by atoms with Gasteiger partial charge in [0.1, 0.15) is 5.58 Å². The van der Waals surface area contributed by atoms with Gasteiger partial charge in [-0.15, -0.1) is 0 Å². The number of fused-ring (bicyclic) bond motifs is 2. The average Bonchev–Trinajstić information content (AvgIpc) is 3.29. The Balaban J connectivity index is 1.74. The number of halogens is 1. The molecule has 154 valence electrons. The molecule has 3 heterocycles. The summed E-state index contributed by atoms with van der Waals surface area (Å²) in [6.07, 6.45) is 1.87. The lowest BCUT2D eigenvalue weighted by atomic mass is 9.97. The first-order chi connectivity index (χ1) is 14.4. The Bertz CT molecular complexity index is 1230. The van der Waals surface area contributed by atoms with Crippen molar-refractivity contribution in [1.29, 1.82) is 0 Å². The number of benzene rings is 2. The van der Waals surface area contributed by atoms with E-state index in [1.807, 2.05) is 50.2 Å². The van der Waals surface area contributed by atoms with Crippen LogP contribution in [0.3, 0.4) is 0 Å². The van der Waals surface area contributed by atoms with Gasteiger partial charge in [0, 0.05) is 17.6 Å². The van der Waals surface area contributed by atoms with Crippen LogP contribution < -0.4 is 5.43 Å². The SMILES string of the molecule is Cc1cc(C)c2c(=O)c3c(oc2c1)C(=O)N(CC1CCCO1)C3c1cccc(Br)c1. The van der Waals surface area contributed by atoms with Gasteiger partial charge in [-0.3, -0.25) is 9.59 Å². The van der Waals surface area contributed by atoms with Gasteiger partial charge in [0.05, 0.1) is 23.1 Å². The molecule has 0 N–H and O–H groups in total. The molecule has 1 saturated heterocycles. The van der Waals surface area contributed by atoms with Gasteiger partial charge in [0.25, 0.3) is 5.91 Å². The molecule has 2 atom stereocenters. The van der Waals surface area contributed by atoms with Crippen LogP contribution in [0.5, 0.6) is 0 Å². The summed E-state index contributed by atoms with van der Waals surface area (Å²) in [6.45, 7) is 5.01. The number of carbonyl (C=O) groups is 1. The topological polar surface area (TPSA) is 59.8 Å². The first kappa shape index (κ1) is 19.5. The molecule has 6 heteroatoms.